The first-order valence-corrected chi connectivity index (χ1v) is 8.81. The van der Waals surface area contributed by atoms with Crippen LogP contribution in [0.15, 0.2) is 33.8 Å². The van der Waals surface area contributed by atoms with E-state index in [0.717, 1.165) is 39.7 Å². The number of halogens is 1. The van der Waals surface area contributed by atoms with E-state index in [9.17, 15) is 10.2 Å². The predicted octanol–water partition coefficient (Wildman–Crippen LogP) is 5.27. The molecule has 0 aliphatic heterocycles. The van der Waals surface area contributed by atoms with Crippen molar-refractivity contribution in [2.75, 3.05) is 0 Å². The van der Waals surface area contributed by atoms with E-state index in [2.05, 4.69) is 29.8 Å². The van der Waals surface area contributed by atoms with Crippen molar-refractivity contribution in [3.63, 3.8) is 0 Å². The highest BCUT2D eigenvalue weighted by molar-refractivity contribution is 9.10. The molecule has 4 heteroatoms. The Morgan fingerprint density at radius 3 is 2.13 bits per heavy atom. The van der Waals surface area contributed by atoms with E-state index in [-0.39, 0.29) is 23.6 Å². The normalized spacial score (nSPS) is 21.8. The molecule has 2 unspecified atom stereocenters. The quantitative estimate of drug-likeness (QED) is 0.668. The van der Waals surface area contributed by atoms with E-state index in [1.807, 2.05) is 25.1 Å². The van der Waals surface area contributed by atoms with Crippen LogP contribution in [0.5, 0.6) is 11.8 Å². The average Bonchev–Trinajstić information content (AvgIpc) is 3.13. The standard InChI is InChI=1S/C19H20BrNO2/c1-9(2)15-12-5-6-13(15)17-16(12)18(22)21(19(17)23)11-4-7-14(20)10(3)8-11/h4,7-8,12-13,22-23H,5-6H2,1-3H3. The summed E-state index contributed by atoms with van der Waals surface area (Å²) < 4.78 is 2.61. The lowest BCUT2D eigenvalue weighted by atomic mass is 9.95. The van der Waals surface area contributed by atoms with E-state index in [0.29, 0.717) is 0 Å². The Kier molecular flexibility index (Phi) is 3.17. The Balaban J connectivity index is 1.94. The molecule has 120 valence electrons. The van der Waals surface area contributed by atoms with Crippen LogP contribution in [-0.4, -0.2) is 14.8 Å². The molecule has 0 radical (unpaired) electrons. The van der Waals surface area contributed by atoms with Gasteiger partial charge < -0.3 is 10.2 Å². The monoisotopic (exact) mass is 373 g/mol. The maximum Gasteiger partial charge on any atom is 0.202 e. The van der Waals surface area contributed by atoms with Gasteiger partial charge in [-0.05, 0) is 57.4 Å². The van der Waals surface area contributed by atoms with Gasteiger partial charge in [-0.15, -0.1) is 0 Å². The maximum absolute atomic E-state index is 10.8. The predicted molar refractivity (Wildman–Crippen MR) is 94.6 cm³/mol. The number of aryl methyl sites for hydroxylation is 1. The van der Waals surface area contributed by atoms with E-state index >= 15 is 0 Å². The summed E-state index contributed by atoms with van der Waals surface area (Å²) in [5, 5.41) is 21.7. The topological polar surface area (TPSA) is 45.4 Å². The number of rotatable bonds is 1. The van der Waals surface area contributed by atoms with Gasteiger partial charge in [0.05, 0.1) is 5.69 Å². The van der Waals surface area contributed by atoms with Crippen LogP contribution in [0.2, 0.25) is 0 Å². The van der Waals surface area contributed by atoms with E-state index in [1.165, 1.54) is 11.1 Å². The number of benzene rings is 1. The Labute approximate surface area is 144 Å². The lowest BCUT2D eigenvalue weighted by Crippen LogP contribution is -1.98. The highest BCUT2D eigenvalue weighted by atomic mass is 79.9. The smallest absolute Gasteiger partial charge is 0.202 e. The zero-order valence-corrected chi connectivity index (χ0v) is 15.1. The third kappa shape index (κ3) is 1.87. The van der Waals surface area contributed by atoms with Crippen LogP contribution in [0.3, 0.4) is 0 Å². The summed E-state index contributed by atoms with van der Waals surface area (Å²) in [4.78, 5) is 0. The lowest BCUT2D eigenvalue weighted by molar-refractivity contribution is 0.397. The third-order valence-electron chi connectivity index (χ3n) is 5.36. The minimum atomic E-state index is 0.199. The molecule has 2 aliphatic rings. The molecular formula is C19H20BrNO2. The molecule has 1 fully saturated rings. The number of allylic oxidation sites excluding steroid dienone is 2. The van der Waals surface area contributed by atoms with Crippen molar-refractivity contribution in [1.82, 2.24) is 4.57 Å². The second kappa shape index (κ2) is 4.91. The number of nitrogens with zero attached hydrogens (tertiary/aromatic N) is 1. The fourth-order valence-electron chi connectivity index (χ4n) is 4.47. The van der Waals surface area contributed by atoms with Crippen LogP contribution < -0.4 is 0 Å². The van der Waals surface area contributed by atoms with Crippen molar-refractivity contribution in [2.24, 2.45) is 0 Å². The van der Waals surface area contributed by atoms with Gasteiger partial charge in [0.25, 0.3) is 0 Å². The SMILES string of the molecule is CC(C)=C1C2CCC1c1c2c(O)n(-c2ccc(Br)c(C)c2)c1O. The molecule has 2 bridgehead atoms. The first kappa shape index (κ1) is 14.9. The van der Waals surface area contributed by atoms with E-state index in [4.69, 9.17) is 0 Å². The zero-order chi connectivity index (χ0) is 16.5. The molecule has 23 heavy (non-hydrogen) atoms. The second-order valence-corrected chi connectivity index (χ2v) is 7.74. The zero-order valence-electron chi connectivity index (χ0n) is 13.5. The Bertz CT molecular complexity index is 821. The van der Waals surface area contributed by atoms with Gasteiger partial charge in [-0.2, -0.15) is 0 Å². The molecular weight excluding hydrogens is 354 g/mol. The largest absolute Gasteiger partial charge is 0.494 e. The van der Waals surface area contributed by atoms with Crippen molar-refractivity contribution in [1.29, 1.82) is 0 Å². The Morgan fingerprint density at radius 1 is 1.09 bits per heavy atom. The highest BCUT2D eigenvalue weighted by Gasteiger charge is 2.48. The summed E-state index contributed by atoms with van der Waals surface area (Å²) in [6.45, 7) is 6.27. The van der Waals surface area contributed by atoms with E-state index < -0.39 is 0 Å². The van der Waals surface area contributed by atoms with Gasteiger partial charge in [-0.3, -0.25) is 4.57 Å². The minimum Gasteiger partial charge on any atom is -0.494 e. The fraction of sp³-hybridized carbons (Fsp3) is 0.368. The Hall–Kier alpha value is -1.68. The van der Waals surface area contributed by atoms with Crippen molar-refractivity contribution >= 4 is 15.9 Å². The Morgan fingerprint density at radius 2 is 1.65 bits per heavy atom. The third-order valence-corrected chi connectivity index (χ3v) is 6.25. The molecule has 2 aliphatic carbocycles. The van der Waals surface area contributed by atoms with Crippen LogP contribution in [-0.2, 0) is 0 Å². The molecule has 1 heterocycles. The van der Waals surface area contributed by atoms with Gasteiger partial charge in [-0.1, -0.05) is 27.1 Å². The van der Waals surface area contributed by atoms with Crippen LogP contribution in [0.25, 0.3) is 5.69 Å². The molecule has 4 rings (SSSR count). The minimum absolute atomic E-state index is 0.199. The molecule has 0 spiro atoms. The molecule has 0 saturated heterocycles. The fourth-order valence-corrected chi connectivity index (χ4v) is 4.71. The molecule has 1 aromatic carbocycles. The van der Waals surface area contributed by atoms with Crippen molar-refractivity contribution in [2.45, 2.75) is 45.4 Å². The van der Waals surface area contributed by atoms with Crippen LogP contribution in [0, 0.1) is 6.92 Å². The van der Waals surface area contributed by atoms with Gasteiger partial charge in [-0.25, -0.2) is 0 Å². The number of fused-ring (bicyclic) bond motifs is 5. The molecule has 0 amide bonds. The number of aromatic hydroxyl groups is 2. The second-order valence-electron chi connectivity index (χ2n) is 6.88. The van der Waals surface area contributed by atoms with Gasteiger partial charge in [0.15, 0.2) is 0 Å². The van der Waals surface area contributed by atoms with E-state index in [1.54, 1.807) is 4.57 Å². The summed E-state index contributed by atoms with van der Waals surface area (Å²) in [6, 6.07) is 5.84. The summed E-state index contributed by atoms with van der Waals surface area (Å²) in [5.41, 5.74) is 6.47. The van der Waals surface area contributed by atoms with Gasteiger partial charge >= 0.3 is 0 Å². The average molecular weight is 374 g/mol. The summed E-state index contributed by atoms with van der Waals surface area (Å²) >= 11 is 3.50. The van der Waals surface area contributed by atoms with Gasteiger partial charge in [0.1, 0.15) is 0 Å². The van der Waals surface area contributed by atoms with Crippen molar-refractivity contribution in [3.8, 4) is 17.4 Å². The summed E-state index contributed by atoms with van der Waals surface area (Å²) in [5.74, 6) is 0.933. The first-order chi connectivity index (χ1) is 10.9. The van der Waals surface area contributed by atoms with Gasteiger partial charge in [0, 0.05) is 27.4 Å². The molecule has 1 saturated carbocycles. The molecule has 3 nitrogen and oxygen atoms in total. The maximum atomic E-state index is 10.8. The van der Waals surface area contributed by atoms with Crippen LogP contribution in [0.1, 0.15) is 55.2 Å². The number of hydrogen-bond acceptors (Lipinski definition) is 2. The molecule has 2 aromatic rings. The summed E-state index contributed by atoms with van der Waals surface area (Å²) in [7, 11) is 0. The number of aromatic nitrogens is 1. The van der Waals surface area contributed by atoms with Crippen LogP contribution in [0.4, 0.5) is 0 Å². The first-order valence-electron chi connectivity index (χ1n) is 8.02. The number of hydrogen-bond donors (Lipinski definition) is 2. The van der Waals surface area contributed by atoms with Crippen molar-refractivity contribution in [3.05, 3.63) is 50.5 Å². The molecule has 1 aromatic heterocycles. The van der Waals surface area contributed by atoms with Crippen molar-refractivity contribution < 1.29 is 10.2 Å². The molecule has 2 atom stereocenters. The van der Waals surface area contributed by atoms with Crippen LogP contribution >= 0.6 is 15.9 Å². The summed E-state index contributed by atoms with van der Waals surface area (Å²) in [6.07, 6.45) is 2.13. The lowest BCUT2D eigenvalue weighted by Gasteiger charge is -2.13. The molecule has 2 N–H and O–H groups in total. The highest BCUT2D eigenvalue weighted by Crippen LogP contribution is 2.63. The van der Waals surface area contributed by atoms with Gasteiger partial charge in [0.2, 0.25) is 11.8 Å².